The molecule has 0 unspecified atom stereocenters. The van der Waals surface area contributed by atoms with Gasteiger partial charge in [0.05, 0.1) is 12.4 Å². The summed E-state index contributed by atoms with van der Waals surface area (Å²) in [6.07, 6.45) is 1.40. The summed E-state index contributed by atoms with van der Waals surface area (Å²) in [7, 11) is -3.28. The van der Waals surface area contributed by atoms with E-state index >= 15 is 0 Å². The van der Waals surface area contributed by atoms with Gasteiger partial charge in [0, 0.05) is 30.7 Å². The van der Waals surface area contributed by atoms with E-state index in [4.69, 9.17) is 9.47 Å². The fraction of sp³-hybridized carbons (Fsp3) is 1.00. The highest BCUT2D eigenvalue weighted by Crippen LogP contribution is 2.23. The highest BCUT2D eigenvalue weighted by atomic mass is 79.9. The minimum Gasteiger partial charge on any atom is -0.381 e. The first kappa shape index (κ1) is 15.4. The van der Waals surface area contributed by atoms with Crippen molar-refractivity contribution in [3.05, 3.63) is 0 Å². The van der Waals surface area contributed by atoms with E-state index in [1.54, 1.807) is 0 Å². The first-order chi connectivity index (χ1) is 8.04. The molecule has 1 fully saturated rings. The lowest BCUT2D eigenvalue weighted by atomic mass is 9.94. The molecule has 5 nitrogen and oxygen atoms in total. The quantitative estimate of drug-likeness (QED) is 0.556. The molecule has 0 spiro atoms. The number of alkyl halides is 1. The van der Waals surface area contributed by atoms with Gasteiger partial charge in [0.15, 0.2) is 0 Å². The van der Waals surface area contributed by atoms with Crippen molar-refractivity contribution < 1.29 is 17.9 Å². The lowest BCUT2D eigenvalue weighted by Crippen LogP contribution is -2.54. The molecule has 1 rings (SSSR count). The molecule has 0 aliphatic carbocycles. The van der Waals surface area contributed by atoms with Gasteiger partial charge in [-0.1, -0.05) is 15.9 Å². The SMILES string of the molecule is CCOCCS(=O)(=O)NC1(CBr)CCOCC1. The molecule has 0 aromatic carbocycles. The maximum atomic E-state index is 11.9. The second-order valence-electron chi connectivity index (χ2n) is 4.14. The van der Waals surface area contributed by atoms with Crippen LogP contribution in [0.25, 0.3) is 0 Å². The van der Waals surface area contributed by atoms with Crippen LogP contribution in [0.3, 0.4) is 0 Å². The van der Waals surface area contributed by atoms with Gasteiger partial charge >= 0.3 is 0 Å². The Balaban J connectivity index is 2.54. The summed E-state index contributed by atoms with van der Waals surface area (Å²) in [5.74, 6) is 0.0104. The monoisotopic (exact) mass is 329 g/mol. The van der Waals surface area contributed by atoms with Gasteiger partial charge in [-0.2, -0.15) is 0 Å². The van der Waals surface area contributed by atoms with Gasteiger partial charge in [0.1, 0.15) is 0 Å². The van der Waals surface area contributed by atoms with Crippen molar-refractivity contribution in [3.63, 3.8) is 0 Å². The summed E-state index contributed by atoms with van der Waals surface area (Å²) in [5.41, 5.74) is -0.400. The van der Waals surface area contributed by atoms with Crippen molar-refractivity contribution in [1.29, 1.82) is 0 Å². The molecule has 0 atom stereocenters. The number of ether oxygens (including phenoxy) is 2. The van der Waals surface area contributed by atoms with Gasteiger partial charge in [0.2, 0.25) is 10.0 Å². The molecule has 1 aliphatic heterocycles. The van der Waals surface area contributed by atoms with Crippen molar-refractivity contribution >= 4 is 26.0 Å². The Kier molecular flexibility index (Phi) is 6.36. The standard InChI is InChI=1S/C10H20BrNO4S/c1-2-15-7-8-17(13,14)12-10(9-11)3-5-16-6-4-10/h12H,2-9H2,1H3. The van der Waals surface area contributed by atoms with Crippen LogP contribution in [0.5, 0.6) is 0 Å². The summed E-state index contributed by atoms with van der Waals surface area (Å²) in [4.78, 5) is 0. The van der Waals surface area contributed by atoms with E-state index in [-0.39, 0.29) is 12.4 Å². The predicted octanol–water partition coefficient (Wildman–Crippen LogP) is 0.886. The van der Waals surface area contributed by atoms with Gasteiger partial charge in [-0.05, 0) is 19.8 Å². The zero-order valence-electron chi connectivity index (χ0n) is 10.1. The molecular weight excluding hydrogens is 310 g/mol. The Hall–Kier alpha value is 0.310. The maximum absolute atomic E-state index is 11.9. The van der Waals surface area contributed by atoms with Crippen molar-refractivity contribution in [2.45, 2.75) is 25.3 Å². The van der Waals surface area contributed by atoms with E-state index in [2.05, 4.69) is 20.7 Å². The minimum absolute atomic E-state index is 0.0104. The average molecular weight is 330 g/mol. The molecule has 7 heteroatoms. The first-order valence-electron chi connectivity index (χ1n) is 5.77. The molecule has 1 N–H and O–H groups in total. The van der Waals surface area contributed by atoms with Crippen molar-refractivity contribution in [2.75, 3.05) is 37.5 Å². The van der Waals surface area contributed by atoms with Crippen LogP contribution in [0.2, 0.25) is 0 Å². The second-order valence-corrected chi connectivity index (χ2v) is 6.55. The van der Waals surface area contributed by atoms with Crippen LogP contribution < -0.4 is 4.72 Å². The van der Waals surface area contributed by atoms with Gasteiger partial charge in [-0.3, -0.25) is 0 Å². The molecule has 1 saturated heterocycles. The molecule has 0 bridgehead atoms. The Morgan fingerprint density at radius 1 is 1.41 bits per heavy atom. The van der Waals surface area contributed by atoms with Gasteiger partial charge in [-0.15, -0.1) is 0 Å². The lowest BCUT2D eigenvalue weighted by molar-refractivity contribution is 0.0556. The van der Waals surface area contributed by atoms with Crippen LogP contribution in [-0.2, 0) is 19.5 Å². The molecule has 102 valence electrons. The van der Waals surface area contributed by atoms with Crippen LogP contribution in [-0.4, -0.2) is 51.5 Å². The molecule has 0 saturated carbocycles. The molecule has 1 aliphatic rings. The Labute approximate surface area is 111 Å². The summed E-state index contributed by atoms with van der Waals surface area (Å²) >= 11 is 3.39. The van der Waals surface area contributed by atoms with E-state index in [0.717, 1.165) is 0 Å². The number of halogens is 1. The van der Waals surface area contributed by atoms with E-state index in [1.165, 1.54) is 0 Å². The largest absolute Gasteiger partial charge is 0.381 e. The normalized spacial score (nSPS) is 20.4. The van der Waals surface area contributed by atoms with Crippen LogP contribution in [0.15, 0.2) is 0 Å². The summed E-state index contributed by atoms with van der Waals surface area (Å²) in [6, 6.07) is 0. The highest BCUT2D eigenvalue weighted by Gasteiger charge is 2.35. The minimum atomic E-state index is -3.28. The van der Waals surface area contributed by atoms with Crippen LogP contribution in [0.1, 0.15) is 19.8 Å². The van der Waals surface area contributed by atoms with E-state index in [0.29, 0.717) is 38.0 Å². The van der Waals surface area contributed by atoms with Crippen molar-refractivity contribution in [3.8, 4) is 0 Å². The van der Waals surface area contributed by atoms with E-state index < -0.39 is 15.6 Å². The third kappa shape index (κ3) is 5.21. The topological polar surface area (TPSA) is 64.6 Å². The maximum Gasteiger partial charge on any atom is 0.214 e. The van der Waals surface area contributed by atoms with E-state index in [9.17, 15) is 8.42 Å². The molecule has 1 heterocycles. The van der Waals surface area contributed by atoms with Gasteiger partial charge < -0.3 is 9.47 Å². The fourth-order valence-electron chi connectivity index (χ4n) is 1.72. The Bertz CT molecular complexity index is 314. The van der Waals surface area contributed by atoms with Gasteiger partial charge in [-0.25, -0.2) is 13.1 Å². The number of sulfonamides is 1. The smallest absolute Gasteiger partial charge is 0.214 e. The van der Waals surface area contributed by atoms with Crippen LogP contribution in [0, 0.1) is 0 Å². The van der Waals surface area contributed by atoms with E-state index in [1.807, 2.05) is 6.92 Å². The Morgan fingerprint density at radius 3 is 2.59 bits per heavy atom. The Morgan fingerprint density at radius 2 is 2.06 bits per heavy atom. The third-order valence-electron chi connectivity index (χ3n) is 2.78. The van der Waals surface area contributed by atoms with Crippen molar-refractivity contribution in [1.82, 2.24) is 4.72 Å². The number of nitrogens with one attached hydrogen (secondary N) is 1. The van der Waals surface area contributed by atoms with Crippen molar-refractivity contribution in [2.24, 2.45) is 0 Å². The van der Waals surface area contributed by atoms with Gasteiger partial charge in [0.25, 0.3) is 0 Å². The molecule has 0 aromatic rings. The average Bonchev–Trinajstić information content (AvgIpc) is 2.30. The van der Waals surface area contributed by atoms with Crippen LogP contribution >= 0.6 is 15.9 Å². The lowest BCUT2D eigenvalue weighted by Gasteiger charge is -2.36. The molecule has 0 aromatic heterocycles. The summed E-state index contributed by atoms with van der Waals surface area (Å²) < 4.78 is 36.9. The van der Waals surface area contributed by atoms with Crippen LogP contribution in [0.4, 0.5) is 0 Å². The molecule has 0 radical (unpaired) electrons. The number of hydrogen-bond donors (Lipinski definition) is 1. The second kappa shape index (κ2) is 7.04. The fourth-order valence-corrected chi connectivity index (χ4v) is 3.98. The molecule has 0 amide bonds. The zero-order chi connectivity index (χ0) is 12.8. The number of hydrogen-bond acceptors (Lipinski definition) is 4. The zero-order valence-corrected chi connectivity index (χ0v) is 12.5. The highest BCUT2D eigenvalue weighted by molar-refractivity contribution is 9.09. The number of rotatable bonds is 7. The first-order valence-corrected chi connectivity index (χ1v) is 8.54. The summed E-state index contributed by atoms with van der Waals surface area (Å²) in [6.45, 7) is 3.81. The third-order valence-corrected chi connectivity index (χ3v) is 5.30. The molecular formula is C10H20BrNO4S. The predicted molar refractivity (Wildman–Crippen MR) is 70.0 cm³/mol. The molecule has 17 heavy (non-hydrogen) atoms. The summed E-state index contributed by atoms with van der Waals surface area (Å²) in [5, 5.41) is 0.608.